The summed E-state index contributed by atoms with van der Waals surface area (Å²) in [6.45, 7) is 6.06. The number of rotatable bonds is 6. The van der Waals surface area contributed by atoms with Gasteiger partial charge >= 0.3 is 0 Å². The van der Waals surface area contributed by atoms with Crippen molar-refractivity contribution >= 4 is 10.0 Å². The van der Waals surface area contributed by atoms with Crippen LogP contribution in [0.3, 0.4) is 0 Å². The molecule has 1 saturated heterocycles. The van der Waals surface area contributed by atoms with Crippen molar-refractivity contribution in [1.29, 1.82) is 0 Å². The fourth-order valence-electron chi connectivity index (χ4n) is 3.27. The number of sulfonamides is 1. The first-order valence-electron chi connectivity index (χ1n) is 8.18. The lowest BCUT2D eigenvalue weighted by molar-refractivity contribution is -0.0455. The Bertz CT molecular complexity index is 604. The van der Waals surface area contributed by atoms with Crippen LogP contribution in [0.5, 0.6) is 0 Å². The Morgan fingerprint density at radius 1 is 1.35 bits per heavy atom. The summed E-state index contributed by atoms with van der Waals surface area (Å²) in [5.41, 5.74) is -0.0259. The maximum Gasteiger partial charge on any atom is 0.208 e. The lowest BCUT2D eigenvalue weighted by Crippen LogP contribution is -2.52. The number of nitrogens with one attached hydrogen (secondary N) is 1. The van der Waals surface area contributed by atoms with E-state index in [0.717, 1.165) is 24.9 Å². The number of likely N-dealkylation sites (tertiary alicyclic amines) is 1. The summed E-state index contributed by atoms with van der Waals surface area (Å²) in [4.78, 5) is 2.17. The van der Waals surface area contributed by atoms with Crippen LogP contribution in [-0.4, -0.2) is 50.4 Å². The van der Waals surface area contributed by atoms with Gasteiger partial charge in [0.15, 0.2) is 0 Å². The number of hydrogen-bond donors (Lipinski definition) is 2. The van der Waals surface area contributed by atoms with Crippen molar-refractivity contribution < 1.29 is 13.5 Å². The summed E-state index contributed by atoms with van der Waals surface area (Å²) in [6.07, 6.45) is 2.96. The number of benzene rings is 1. The maximum absolute atomic E-state index is 11.4. The number of β-amino-alcohol motifs (C(OH)–C–C–N with tert-alkyl or cyclic N) is 1. The van der Waals surface area contributed by atoms with Gasteiger partial charge in [-0.1, -0.05) is 44.2 Å². The Balaban J connectivity index is 2.11. The van der Waals surface area contributed by atoms with Crippen LogP contribution in [0.2, 0.25) is 0 Å². The SMILES string of the molecule is CC(C)[C@@](O)(CN1CCC[C@@H](NS(C)(=O)=O)C1)c1ccccc1. The monoisotopic (exact) mass is 340 g/mol. The largest absolute Gasteiger partial charge is 0.384 e. The second kappa shape index (κ2) is 7.30. The van der Waals surface area contributed by atoms with Gasteiger partial charge in [-0.25, -0.2) is 13.1 Å². The van der Waals surface area contributed by atoms with Gasteiger partial charge in [-0.2, -0.15) is 0 Å². The van der Waals surface area contributed by atoms with E-state index in [9.17, 15) is 13.5 Å². The van der Waals surface area contributed by atoms with Crippen molar-refractivity contribution in [2.24, 2.45) is 5.92 Å². The van der Waals surface area contributed by atoms with Gasteiger partial charge < -0.3 is 5.11 Å². The highest BCUT2D eigenvalue weighted by Gasteiger charge is 2.36. The van der Waals surface area contributed by atoms with E-state index in [4.69, 9.17) is 0 Å². The molecule has 0 spiro atoms. The highest BCUT2D eigenvalue weighted by molar-refractivity contribution is 7.88. The van der Waals surface area contributed by atoms with Gasteiger partial charge in [-0.15, -0.1) is 0 Å². The molecule has 1 fully saturated rings. The Kier molecular flexibility index (Phi) is 5.84. The third-order valence-electron chi connectivity index (χ3n) is 4.58. The average molecular weight is 340 g/mol. The Labute approximate surface area is 139 Å². The summed E-state index contributed by atoms with van der Waals surface area (Å²) < 4.78 is 25.6. The van der Waals surface area contributed by atoms with E-state index in [2.05, 4.69) is 9.62 Å². The molecule has 130 valence electrons. The summed E-state index contributed by atoms with van der Waals surface area (Å²) >= 11 is 0. The molecule has 1 aromatic rings. The first-order chi connectivity index (χ1) is 10.7. The lowest BCUT2D eigenvalue weighted by atomic mass is 9.82. The predicted molar refractivity (Wildman–Crippen MR) is 92.6 cm³/mol. The van der Waals surface area contributed by atoms with E-state index >= 15 is 0 Å². The molecular formula is C17H28N2O3S. The van der Waals surface area contributed by atoms with Crippen molar-refractivity contribution in [1.82, 2.24) is 9.62 Å². The van der Waals surface area contributed by atoms with Crippen LogP contribution in [0.1, 0.15) is 32.3 Å². The Morgan fingerprint density at radius 3 is 2.57 bits per heavy atom. The fraction of sp³-hybridized carbons (Fsp3) is 0.647. The van der Waals surface area contributed by atoms with Gasteiger partial charge in [-0.3, -0.25) is 4.90 Å². The van der Waals surface area contributed by atoms with Crippen molar-refractivity contribution in [3.05, 3.63) is 35.9 Å². The molecule has 1 heterocycles. The van der Waals surface area contributed by atoms with Gasteiger partial charge in [0, 0.05) is 19.1 Å². The summed E-state index contributed by atoms with van der Waals surface area (Å²) in [6, 6.07) is 9.65. The minimum Gasteiger partial charge on any atom is -0.384 e. The van der Waals surface area contributed by atoms with Crippen LogP contribution in [0.25, 0.3) is 0 Å². The van der Waals surface area contributed by atoms with Crippen LogP contribution in [0.4, 0.5) is 0 Å². The predicted octanol–water partition coefficient (Wildman–Crippen LogP) is 1.54. The van der Waals surface area contributed by atoms with Gasteiger partial charge in [0.05, 0.1) is 6.26 Å². The third-order valence-corrected chi connectivity index (χ3v) is 5.34. The number of hydrogen-bond acceptors (Lipinski definition) is 4. The number of nitrogens with zero attached hydrogens (tertiary/aromatic N) is 1. The molecule has 5 nitrogen and oxygen atoms in total. The first kappa shape index (κ1) is 18.4. The summed E-state index contributed by atoms with van der Waals surface area (Å²) in [5, 5.41) is 11.3. The van der Waals surface area contributed by atoms with E-state index in [1.54, 1.807) is 0 Å². The minimum absolute atomic E-state index is 0.0631. The molecule has 2 N–H and O–H groups in total. The zero-order valence-electron chi connectivity index (χ0n) is 14.2. The van der Waals surface area contributed by atoms with E-state index < -0.39 is 15.6 Å². The van der Waals surface area contributed by atoms with E-state index in [1.165, 1.54) is 6.26 Å². The standard InChI is InChI=1S/C17H28N2O3S/c1-14(2)17(20,15-8-5-4-6-9-15)13-19-11-7-10-16(12-19)18-23(3,21)22/h4-6,8-9,14,16,18,20H,7,10-13H2,1-3H3/t16-,17+/m1/s1. The molecule has 0 amide bonds. The quantitative estimate of drug-likeness (QED) is 0.824. The zero-order valence-corrected chi connectivity index (χ0v) is 15.0. The summed E-state index contributed by atoms with van der Waals surface area (Å²) in [7, 11) is -3.20. The van der Waals surface area contributed by atoms with Crippen LogP contribution in [0.15, 0.2) is 30.3 Å². The molecule has 1 aliphatic heterocycles. The molecule has 0 aliphatic carbocycles. The second-order valence-electron chi connectivity index (χ2n) is 6.91. The zero-order chi connectivity index (χ0) is 17.1. The molecule has 1 aromatic carbocycles. The molecule has 0 aromatic heterocycles. The lowest BCUT2D eigenvalue weighted by Gasteiger charge is -2.41. The molecule has 0 bridgehead atoms. The van der Waals surface area contributed by atoms with Gasteiger partial charge in [-0.05, 0) is 30.9 Å². The topological polar surface area (TPSA) is 69.6 Å². The summed E-state index contributed by atoms with van der Waals surface area (Å²) in [5.74, 6) is 0.0631. The van der Waals surface area contributed by atoms with Crippen LogP contribution in [0, 0.1) is 5.92 Å². The molecule has 2 atom stereocenters. The second-order valence-corrected chi connectivity index (χ2v) is 8.69. The first-order valence-corrected chi connectivity index (χ1v) is 10.1. The van der Waals surface area contributed by atoms with Gasteiger partial charge in [0.1, 0.15) is 5.60 Å². The van der Waals surface area contributed by atoms with Crippen LogP contribution < -0.4 is 4.72 Å². The van der Waals surface area contributed by atoms with Crippen molar-refractivity contribution in [3.8, 4) is 0 Å². The third kappa shape index (κ3) is 5.01. The average Bonchev–Trinajstić information content (AvgIpc) is 2.46. The van der Waals surface area contributed by atoms with Crippen molar-refractivity contribution in [2.75, 3.05) is 25.9 Å². The maximum atomic E-state index is 11.4. The highest BCUT2D eigenvalue weighted by atomic mass is 32.2. The molecule has 2 rings (SSSR count). The van der Waals surface area contributed by atoms with Crippen LogP contribution >= 0.6 is 0 Å². The molecular weight excluding hydrogens is 312 g/mol. The highest BCUT2D eigenvalue weighted by Crippen LogP contribution is 2.31. The number of aliphatic hydroxyl groups is 1. The Hall–Kier alpha value is -0.950. The van der Waals surface area contributed by atoms with E-state index in [-0.39, 0.29) is 12.0 Å². The molecule has 1 aliphatic rings. The normalized spacial score (nSPS) is 22.9. The molecule has 0 radical (unpaired) electrons. The van der Waals surface area contributed by atoms with Crippen LogP contribution in [-0.2, 0) is 15.6 Å². The minimum atomic E-state index is -3.20. The van der Waals surface area contributed by atoms with E-state index in [1.807, 2.05) is 44.2 Å². The Morgan fingerprint density at radius 2 is 2.00 bits per heavy atom. The van der Waals surface area contributed by atoms with Gasteiger partial charge in [0.2, 0.25) is 10.0 Å². The fourth-order valence-corrected chi connectivity index (χ4v) is 4.07. The molecule has 23 heavy (non-hydrogen) atoms. The smallest absolute Gasteiger partial charge is 0.208 e. The molecule has 0 saturated carbocycles. The van der Waals surface area contributed by atoms with E-state index in [0.29, 0.717) is 13.1 Å². The molecule has 6 heteroatoms. The van der Waals surface area contributed by atoms with Gasteiger partial charge in [0.25, 0.3) is 0 Å². The van der Waals surface area contributed by atoms with Crippen molar-refractivity contribution in [3.63, 3.8) is 0 Å². The number of piperidine rings is 1. The molecule has 0 unspecified atom stereocenters. The van der Waals surface area contributed by atoms with Crippen molar-refractivity contribution in [2.45, 2.75) is 38.3 Å².